The molecule has 0 spiro atoms. The fourth-order valence-corrected chi connectivity index (χ4v) is 14.5. The average Bonchev–Trinajstić information content (AvgIpc) is 3.56. The van der Waals surface area contributed by atoms with E-state index in [9.17, 15) is 24.6 Å². The molecule has 7 rings (SSSR count). The second-order valence-electron chi connectivity index (χ2n) is 21.1. The third kappa shape index (κ3) is 5.42. The summed E-state index contributed by atoms with van der Waals surface area (Å²) in [5.41, 5.74) is 2.93. The molecule has 1 aromatic rings. The number of fused-ring (bicyclic) bond motifs is 7. The van der Waals surface area contributed by atoms with Gasteiger partial charge in [-0.1, -0.05) is 73.0 Å². The van der Waals surface area contributed by atoms with Crippen molar-refractivity contribution in [3.05, 3.63) is 28.2 Å². The van der Waals surface area contributed by atoms with E-state index in [-0.39, 0.29) is 57.3 Å². The molecule has 0 radical (unpaired) electrons. The number of rotatable bonds is 9. The van der Waals surface area contributed by atoms with Crippen molar-refractivity contribution in [2.45, 2.75) is 159 Å². The topological polar surface area (TPSA) is 139 Å². The minimum absolute atomic E-state index is 0.0126. The Hall–Kier alpha value is -2.52. The zero-order chi connectivity index (χ0) is 39.6. The number of allylic oxidation sites excluding steroid dienone is 1. The Bertz CT molecular complexity index is 1720. The molecule has 9 nitrogen and oxygen atoms in total. The molecule has 3 N–H and O–H groups in total. The number of carbonyl (C=O) groups excluding carboxylic acids is 2. The standard InChI is InChI=1S/C45H68N2O7/c1-24(2)36-31(48)21-45(34(49)23-46-22-27-25(3)47-54-26(27)4)19-18-43(10)28(37(36)45)12-13-33-42(9)16-15-35(41(7,8)32(42)14-17-44(33,43)11)53-39(52)30-20-29(38(50)51)40(30,5)6/h24,28-30,32-35,46,49H,12-23H2,1-11H3,(H,50,51)/t28-,29+,30-,32+,33-,34+,35+,42+,43-,44-,45+/m1/s1. The number of ketones is 1. The second-order valence-corrected chi connectivity index (χ2v) is 21.1. The fourth-order valence-electron chi connectivity index (χ4n) is 14.5. The van der Waals surface area contributed by atoms with E-state index in [2.05, 4.69) is 58.9 Å². The Balaban J connectivity index is 1.13. The molecule has 0 aromatic carbocycles. The number of carbonyl (C=O) groups is 3. The molecule has 5 fully saturated rings. The van der Waals surface area contributed by atoms with Crippen LogP contribution in [0.2, 0.25) is 0 Å². The van der Waals surface area contributed by atoms with Gasteiger partial charge in [0.05, 0.1) is 23.6 Å². The quantitative estimate of drug-likeness (QED) is 0.213. The van der Waals surface area contributed by atoms with Gasteiger partial charge in [0.25, 0.3) is 0 Å². The van der Waals surface area contributed by atoms with Crippen LogP contribution in [0.4, 0.5) is 0 Å². The molecule has 0 amide bonds. The summed E-state index contributed by atoms with van der Waals surface area (Å²) in [6.45, 7) is 25.2. The maximum absolute atomic E-state index is 14.1. The number of carboxylic acids is 1. The number of hydrogen-bond acceptors (Lipinski definition) is 8. The van der Waals surface area contributed by atoms with Crippen molar-refractivity contribution in [3.8, 4) is 0 Å². The zero-order valence-electron chi connectivity index (χ0n) is 35.0. The van der Waals surface area contributed by atoms with Gasteiger partial charge in [0, 0.05) is 35.9 Å². The van der Waals surface area contributed by atoms with E-state index >= 15 is 0 Å². The molecule has 6 aliphatic rings. The van der Waals surface area contributed by atoms with E-state index in [1.54, 1.807) is 0 Å². The molecule has 0 unspecified atom stereocenters. The number of aliphatic hydroxyl groups excluding tert-OH is 1. The molecule has 5 saturated carbocycles. The first-order chi connectivity index (χ1) is 25.1. The van der Waals surface area contributed by atoms with Gasteiger partial charge in [0.2, 0.25) is 0 Å². The van der Waals surface area contributed by atoms with Gasteiger partial charge in [-0.05, 0) is 123 Å². The lowest BCUT2D eigenvalue weighted by Crippen LogP contribution is -2.66. The number of aromatic nitrogens is 1. The molecule has 0 saturated heterocycles. The predicted octanol–water partition coefficient (Wildman–Crippen LogP) is 8.38. The molecular formula is C45H68N2O7. The van der Waals surface area contributed by atoms with Crippen LogP contribution in [-0.2, 0) is 25.7 Å². The Kier molecular flexibility index (Phi) is 9.56. The number of ether oxygens (including phenoxy) is 1. The van der Waals surface area contributed by atoms with Crippen molar-refractivity contribution >= 4 is 17.7 Å². The summed E-state index contributed by atoms with van der Waals surface area (Å²) in [4.78, 5) is 39.5. The van der Waals surface area contributed by atoms with E-state index < -0.39 is 28.8 Å². The monoisotopic (exact) mass is 749 g/mol. The zero-order valence-corrected chi connectivity index (χ0v) is 35.0. The number of hydrogen-bond donors (Lipinski definition) is 3. The lowest BCUT2D eigenvalue weighted by Gasteiger charge is -2.72. The van der Waals surface area contributed by atoms with E-state index in [1.807, 2.05) is 27.7 Å². The largest absolute Gasteiger partial charge is 0.481 e. The van der Waals surface area contributed by atoms with Crippen LogP contribution >= 0.6 is 0 Å². The van der Waals surface area contributed by atoms with Gasteiger partial charge in [-0.2, -0.15) is 0 Å². The number of Topliss-reactive ketones (excluding diaryl/α,β-unsaturated/α-hetero) is 1. The Morgan fingerprint density at radius 1 is 0.907 bits per heavy atom. The van der Waals surface area contributed by atoms with Crippen molar-refractivity contribution < 1.29 is 33.9 Å². The highest BCUT2D eigenvalue weighted by atomic mass is 16.5. The lowest BCUT2D eigenvalue weighted by molar-refractivity contribution is -0.238. The third-order valence-electron chi connectivity index (χ3n) is 18.0. The predicted molar refractivity (Wildman–Crippen MR) is 206 cm³/mol. The highest BCUT2D eigenvalue weighted by Crippen LogP contribution is 2.77. The first kappa shape index (κ1) is 39.7. The van der Waals surface area contributed by atoms with Crippen molar-refractivity contribution in [2.75, 3.05) is 6.54 Å². The van der Waals surface area contributed by atoms with E-state index in [0.717, 1.165) is 74.0 Å². The van der Waals surface area contributed by atoms with Gasteiger partial charge in [0.15, 0.2) is 5.78 Å². The Labute approximate surface area is 323 Å². The molecule has 1 heterocycles. The molecule has 6 aliphatic carbocycles. The fraction of sp³-hybridized carbons (Fsp3) is 0.822. The van der Waals surface area contributed by atoms with E-state index in [0.29, 0.717) is 37.8 Å². The number of carboxylic acid groups (broad SMARTS) is 1. The molecule has 300 valence electrons. The minimum Gasteiger partial charge on any atom is -0.481 e. The first-order valence-electron chi connectivity index (χ1n) is 21.1. The van der Waals surface area contributed by atoms with E-state index in [1.165, 1.54) is 5.57 Å². The summed E-state index contributed by atoms with van der Waals surface area (Å²) in [6.07, 6.45) is 7.81. The number of aliphatic hydroxyl groups is 1. The SMILES string of the molecule is Cc1noc(C)c1CNC[C@H](O)[C@@]12CC[C@]3(C)[C@H](CC[C@@H]4[C@@]5(C)CC[C@H](OC(=O)[C@H]6C[C@@H](C(=O)O)C6(C)C)C(C)(C)[C@@H]5CC[C@]43C)C1=C(C(C)C)C(=O)C2. The summed E-state index contributed by atoms with van der Waals surface area (Å²) >= 11 is 0. The van der Waals surface area contributed by atoms with Crippen LogP contribution < -0.4 is 5.32 Å². The summed E-state index contributed by atoms with van der Waals surface area (Å²) in [5.74, 6) is 0.328. The van der Waals surface area contributed by atoms with E-state index in [4.69, 9.17) is 9.26 Å². The lowest BCUT2D eigenvalue weighted by atomic mass is 9.33. The summed E-state index contributed by atoms with van der Waals surface area (Å²) in [7, 11) is 0. The average molecular weight is 749 g/mol. The van der Waals surface area contributed by atoms with Crippen LogP contribution in [0.15, 0.2) is 15.7 Å². The highest BCUT2D eigenvalue weighted by molar-refractivity contribution is 6.00. The first-order valence-corrected chi connectivity index (χ1v) is 21.1. The summed E-state index contributed by atoms with van der Waals surface area (Å²) in [5, 5.41) is 29.5. The van der Waals surface area contributed by atoms with Crippen LogP contribution in [0.5, 0.6) is 0 Å². The summed E-state index contributed by atoms with van der Waals surface area (Å²) < 4.78 is 11.8. The van der Waals surface area contributed by atoms with Crippen LogP contribution in [0.1, 0.15) is 144 Å². The molecule has 54 heavy (non-hydrogen) atoms. The van der Waals surface area contributed by atoms with Crippen LogP contribution in [0, 0.1) is 81.8 Å². The van der Waals surface area contributed by atoms with Gasteiger partial charge < -0.3 is 24.8 Å². The molecular weight excluding hydrogens is 681 g/mol. The molecule has 11 atom stereocenters. The van der Waals surface area contributed by atoms with Gasteiger partial charge in [-0.15, -0.1) is 0 Å². The number of aliphatic carboxylic acids is 1. The van der Waals surface area contributed by atoms with Crippen molar-refractivity contribution in [2.24, 2.45) is 68.0 Å². The van der Waals surface area contributed by atoms with Gasteiger partial charge in [0.1, 0.15) is 11.9 Å². The minimum atomic E-state index is -0.830. The smallest absolute Gasteiger partial charge is 0.309 e. The number of esters is 1. The van der Waals surface area contributed by atoms with Crippen molar-refractivity contribution in [3.63, 3.8) is 0 Å². The normalized spacial score (nSPS) is 41.3. The Morgan fingerprint density at radius 3 is 2.22 bits per heavy atom. The van der Waals surface area contributed by atoms with Crippen LogP contribution in [0.3, 0.4) is 0 Å². The molecule has 0 bridgehead atoms. The van der Waals surface area contributed by atoms with Gasteiger partial charge in [-0.25, -0.2) is 0 Å². The van der Waals surface area contributed by atoms with Gasteiger partial charge in [-0.3, -0.25) is 14.4 Å². The Morgan fingerprint density at radius 2 is 1.61 bits per heavy atom. The second kappa shape index (κ2) is 13.0. The molecule has 0 aliphatic heterocycles. The number of nitrogens with one attached hydrogen (secondary N) is 1. The molecule has 9 heteroatoms. The third-order valence-corrected chi connectivity index (χ3v) is 18.0. The highest BCUT2D eigenvalue weighted by Gasteiger charge is 2.71. The van der Waals surface area contributed by atoms with Gasteiger partial charge >= 0.3 is 11.9 Å². The van der Waals surface area contributed by atoms with Crippen molar-refractivity contribution in [1.82, 2.24) is 10.5 Å². The number of aryl methyl sites for hydroxylation is 2. The van der Waals surface area contributed by atoms with Crippen molar-refractivity contribution in [1.29, 1.82) is 0 Å². The van der Waals surface area contributed by atoms with Crippen LogP contribution in [-0.4, -0.2) is 51.8 Å². The maximum atomic E-state index is 14.1. The molecule has 1 aromatic heterocycles. The number of nitrogens with zero attached hydrogens (tertiary/aromatic N) is 1. The summed E-state index contributed by atoms with van der Waals surface area (Å²) in [6, 6.07) is 0. The maximum Gasteiger partial charge on any atom is 0.309 e. The van der Waals surface area contributed by atoms with Crippen LogP contribution in [0.25, 0.3) is 0 Å².